The summed E-state index contributed by atoms with van der Waals surface area (Å²) >= 11 is 6.00. The molecule has 8 heteroatoms. The number of aromatic nitrogens is 2. The first-order valence-corrected chi connectivity index (χ1v) is 12.9. The predicted octanol–water partition coefficient (Wildman–Crippen LogP) is 4.36. The van der Waals surface area contributed by atoms with Crippen molar-refractivity contribution >= 4 is 23.4 Å². The van der Waals surface area contributed by atoms with Crippen molar-refractivity contribution in [2.45, 2.75) is 70.7 Å². The van der Waals surface area contributed by atoms with E-state index in [0.717, 1.165) is 30.0 Å². The molecule has 34 heavy (non-hydrogen) atoms. The zero-order valence-electron chi connectivity index (χ0n) is 19.7. The van der Waals surface area contributed by atoms with Crippen molar-refractivity contribution in [2.75, 3.05) is 13.1 Å². The van der Waals surface area contributed by atoms with Crippen molar-refractivity contribution in [1.29, 1.82) is 0 Å². The number of rotatable bonds is 4. The predicted molar refractivity (Wildman–Crippen MR) is 129 cm³/mol. The van der Waals surface area contributed by atoms with Crippen molar-refractivity contribution in [2.24, 2.45) is 11.8 Å². The molecular formula is C26H33ClN4O3. The third kappa shape index (κ3) is 5.01. The van der Waals surface area contributed by atoms with Gasteiger partial charge in [-0.2, -0.15) is 0 Å². The number of hydrogen-bond donors (Lipinski definition) is 1. The second kappa shape index (κ2) is 10.1. The van der Waals surface area contributed by atoms with Crippen LogP contribution < -0.4 is 5.32 Å². The molecule has 1 saturated heterocycles. The Morgan fingerprint density at radius 2 is 1.76 bits per heavy atom. The van der Waals surface area contributed by atoms with Crippen LogP contribution in [0.1, 0.15) is 73.3 Å². The van der Waals surface area contributed by atoms with E-state index in [4.69, 9.17) is 16.3 Å². The van der Waals surface area contributed by atoms with Crippen LogP contribution in [0.2, 0.25) is 5.02 Å². The maximum absolute atomic E-state index is 13.2. The van der Waals surface area contributed by atoms with Gasteiger partial charge in [-0.05, 0) is 62.1 Å². The zero-order valence-corrected chi connectivity index (χ0v) is 20.5. The fraction of sp³-hybridized carbons (Fsp3) is 0.577. The van der Waals surface area contributed by atoms with Crippen molar-refractivity contribution in [3.63, 3.8) is 0 Å². The fourth-order valence-corrected chi connectivity index (χ4v) is 5.53. The number of amides is 2. The largest absolute Gasteiger partial charge is 0.365 e. The number of piperidine rings is 1. The molecule has 1 aliphatic carbocycles. The highest BCUT2D eigenvalue weighted by Gasteiger charge is 2.33. The highest BCUT2D eigenvalue weighted by atomic mass is 35.5. The monoisotopic (exact) mass is 484 g/mol. The number of likely N-dealkylation sites (tertiary alicyclic amines) is 1. The number of halogens is 1. The van der Waals surface area contributed by atoms with Gasteiger partial charge in [0.25, 0.3) is 5.91 Å². The first kappa shape index (κ1) is 23.4. The molecule has 2 aliphatic heterocycles. The van der Waals surface area contributed by atoms with E-state index in [1.54, 1.807) is 6.33 Å². The van der Waals surface area contributed by atoms with Gasteiger partial charge in [0.05, 0.1) is 25.2 Å². The van der Waals surface area contributed by atoms with Crippen LogP contribution in [0.3, 0.4) is 0 Å². The molecule has 2 aromatic rings. The first-order chi connectivity index (χ1) is 16.5. The molecule has 5 rings (SSSR count). The van der Waals surface area contributed by atoms with Gasteiger partial charge < -0.3 is 19.5 Å². The summed E-state index contributed by atoms with van der Waals surface area (Å²) in [6, 6.07) is 7.97. The lowest BCUT2D eigenvalue weighted by atomic mass is 9.86. The van der Waals surface area contributed by atoms with Gasteiger partial charge >= 0.3 is 0 Å². The van der Waals surface area contributed by atoms with E-state index in [1.165, 1.54) is 12.8 Å². The highest BCUT2D eigenvalue weighted by Crippen LogP contribution is 2.30. The number of ether oxygens (including phenoxy) is 1. The van der Waals surface area contributed by atoms with Gasteiger partial charge in [0, 0.05) is 30.1 Å². The van der Waals surface area contributed by atoms with E-state index < -0.39 is 0 Å². The van der Waals surface area contributed by atoms with Gasteiger partial charge in [0.2, 0.25) is 5.91 Å². The average Bonchev–Trinajstić information content (AvgIpc) is 3.29. The maximum atomic E-state index is 13.2. The lowest BCUT2D eigenvalue weighted by molar-refractivity contribution is -0.127. The lowest BCUT2D eigenvalue weighted by Crippen LogP contribution is -2.46. The molecule has 0 radical (unpaired) electrons. The minimum absolute atomic E-state index is 0.0113. The molecule has 182 valence electrons. The summed E-state index contributed by atoms with van der Waals surface area (Å²) in [5.74, 6) is 0.850. The molecule has 0 unspecified atom stereocenters. The van der Waals surface area contributed by atoms with Gasteiger partial charge in [-0.25, -0.2) is 4.98 Å². The summed E-state index contributed by atoms with van der Waals surface area (Å²) in [6.07, 6.45) is 7.58. The van der Waals surface area contributed by atoms with E-state index in [-0.39, 0.29) is 23.8 Å². The summed E-state index contributed by atoms with van der Waals surface area (Å²) in [5.41, 5.74) is 2.34. The molecule has 0 spiro atoms. The minimum atomic E-state index is -0.0939. The Morgan fingerprint density at radius 1 is 1.06 bits per heavy atom. The van der Waals surface area contributed by atoms with Gasteiger partial charge in [0.1, 0.15) is 6.10 Å². The van der Waals surface area contributed by atoms with Crippen molar-refractivity contribution in [3.8, 4) is 0 Å². The number of carbonyl (C=O) groups excluding carboxylic acids is 2. The maximum Gasteiger partial charge on any atom is 0.274 e. The minimum Gasteiger partial charge on any atom is -0.365 e. The highest BCUT2D eigenvalue weighted by molar-refractivity contribution is 6.30. The number of nitrogens with zero attached hydrogens (tertiary/aromatic N) is 3. The van der Waals surface area contributed by atoms with E-state index in [1.807, 2.05) is 33.7 Å². The Morgan fingerprint density at radius 3 is 2.47 bits per heavy atom. The average molecular weight is 485 g/mol. The number of benzene rings is 1. The summed E-state index contributed by atoms with van der Waals surface area (Å²) in [7, 11) is 0. The number of hydrogen-bond acceptors (Lipinski definition) is 4. The molecule has 1 atom stereocenters. The van der Waals surface area contributed by atoms with E-state index >= 15 is 0 Å². The zero-order chi connectivity index (χ0) is 23.7. The Bertz CT molecular complexity index is 1020. The second-order valence-corrected chi connectivity index (χ2v) is 10.5. The van der Waals surface area contributed by atoms with Crippen LogP contribution in [0.4, 0.5) is 0 Å². The Labute approximate surface area is 205 Å². The van der Waals surface area contributed by atoms with E-state index in [0.29, 0.717) is 55.8 Å². The first-order valence-electron chi connectivity index (χ1n) is 12.5. The van der Waals surface area contributed by atoms with Gasteiger partial charge in [-0.15, -0.1) is 0 Å². The van der Waals surface area contributed by atoms with E-state index in [2.05, 4.69) is 17.2 Å². The van der Waals surface area contributed by atoms with Crippen molar-refractivity contribution < 1.29 is 14.3 Å². The van der Waals surface area contributed by atoms with Crippen molar-refractivity contribution in [1.82, 2.24) is 19.8 Å². The van der Waals surface area contributed by atoms with Crippen LogP contribution in [0.15, 0.2) is 30.6 Å². The standard InChI is InChI=1S/C26H33ClN4O3/c1-17-2-8-21(9-3-17)29-25(32)19-10-12-30(13-11-19)26(33)24-22-15-34-23(14-31(22)16-28-24)18-4-6-20(27)7-5-18/h4-7,16-17,19,21,23H,2-3,8-15H2,1H3,(H,29,32)/t17?,21?,23-/m1/s1. The molecule has 2 amide bonds. The summed E-state index contributed by atoms with van der Waals surface area (Å²) in [4.78, 5) is 32.3. The lowest BCUT2D eigenvalue weighted by Gasteiger charge is -2.33. The normalized spacial score (nSPS) is 25.6. The molecule has 3 heterocycles. The summed E-state index contributed by atoms with van der Waals surface area (Å²) in [6.45, 7) is 4.40. The molecular weight excluding hydrogens is 452 g/mol. The fourth-order valence-electron chi connectivity index (χ4n) is 5.40. The van der Waals surface area contributed by atoms with Crippen molar-refractivity contribution in [3.05, 3.63) is 52.6 Å². The SMILES string of the molecule is CC1CCC(NC(=O)C2CCN(C(=O)c3ncn4c3CO[C@@H](c3ccc(Cl)cc3)C4)CC2)CC1. The number of nitrogens with one attached hydrogen (secondary N) is 1. The van der Waals surface area contributed by atoms with E-state index in [9.17, 15) is 9.59 Å². The summed E-state index contributed by atoms with van der Waals surface area (Å²) < 4.78 is 8.08. The molecule has 1 aromatic carbocycles. The molecule has 3 aliphatic rings. The van der Waals surface area contributed by atoms with Crippen LogP contribution in [-0.2, 0) is 22.7 Å². The van der Waals surface area contributed by atoms with Gasteiger partial charge in [0.15, 0.2) is 5.69 Å². The number of fused-ring (bicyclic) bond motifs is 1. The number of imidazole rings is 1. The third-order valence-corrected chi connectivity index (χ3v) is 7.94. The molecule has 1 aromatic heterocycles. The topological polar surface area (TPSA) is 76.5 Å². The molecule has 2 fully saturated rings. The Balaban J connectivity index is 1.15. The molecule has 7 nitrogen and oxygen atoms in total. The Hall–Kier alpha value is -2.38. The van der Waals surface area contributed by atoms with Gasteiger partial charge in [-0.3, -0.25) is 9.59 Å². The van der Waals surface area contributed by atoms with Crippen LogP contribution in [-0.4, -0.2) is 45.4 Å². The van der Waals surface area contributed by atoms with Crippen LogP contribution >= 0.6 is 11.6 Å². The smallest absolute Gasteiger partial charge is 0.274 e. The quantitative estimate of drug-likeness (QED) is 0.699. The van der Waals surface area contributed by atoms with Crippen LogP contribution in [0, 0.1) is 11.8 Å². The Kier molecular flexibility index (Phi) is 6.93. The summed E-state index contributed by atoms with van der Waals surface area (Å²) in [5, 5.41) is 3.96. The van der Waals surface area contributed by atoms with Gasteiger partial charge in [-0.1, -0.05) is 30.7 Å². The van der Waals surface area contributed by atoms with Crippen LogP contribution in [0.25, 0.3) is 0 Å². The molecule has 1 saturated carbocycles. The number of carbonyl (C=O) groups is 2. The molecule has 0 bridgehead atoms. The van der Waals surface area contributed by atoms with Crippen LogP contribution in [0.5, 0.6) is 0 Å². The molecule has 1 N–H and O–H groups in total. The second-order valence-electron chi connectivity index (χ2n) is 10.1. The third-order valence-electron chi connectivity index (χ3n) is 7.69.